The van der Waals surface area contributed by atoms with Gasteiger partial charge < -0.3 is 19.5 Å². The minimum absolute atomic E-state index is 0.00752. The molecule has 2 aromatic carbocycles. The first kappa shape index (κ1) is 20.6. The van der Waals surface area contributed by atoms with Gasteiger partial charge in [-0.1, -0.05) is 6.07 Å². The second kappa shape index (κ2) is 9.88. The van der Waals surface area contributed by atoms with Crippen molar-refractivity contribution in [1.29, 1.82) is 0 Å². The summed E-state index contributed by atoms with van der Waals surface area (Å²) >= 11 is 0. The lowest BCUT2D eigenvalue weighted by Crippen LogP contribution is -2.36. The zero-order valence-corrected chi connectivity index (χ0v) is 16.4. The van der Waals surface area contributed by atoms with Crippen LogP contribution in [0, 0.1) is 5.82 Å². The molecule has 1 fully saturated rings. The van der Waals surface area contributed by atoms with Gasteiger partial charge in [0.15, 0.2) is 0 Å². The SMILES string of the molecule is COc1cc(OC)cc(C(=O)NC(=NC[C@H]2CCCO2)Nc2cccc(F)c2)c1. The predicted molar refractivity (Wildman–Crippen MR) is 108 cm³/mol. The summed E-state index contributed by atoms with van der Waals surface area (Å²) in [5.74, 6) is 0.392. The third-order valence-electron chi connectivity index (χ3n) is 4.41. The Morgan fingerprint density at radius 1 is 1.21 bits per heavy atom. The average molecular weight is 401 g/mol. The maximum atomic E-state index is 13.5. The maximum absolute atomic E-state index is 13.5. The van der Waals surface area contributed by atoms with Gasteiger partial charge in [-0.05, 0) is 43.2 Å². The van der Waals surface area contributed by atoms with Crippen molar-refractivity contribution in [2.24, 2.45) is 4.99 Å². The number of hydrogen-bond acceptors (Lipinski definition) is 5. The van der Waals surface area contributed by atoms with Crippen LogP contribution in [0.5, 0.6) is 11.5 Å². The summed E-state index contributed by atoms with van der Waals surface area (Å²) in [4.78, 5) is 17.2. The lowest BCUT2D eigenvalue weighted by atomic mass is 10.2. The van der Waals surface area contributed by atoms with E-state index in [4.69, 9.17) is 14.2 Å². The van der Waals surface area contributed by atoms with Gasteiger partial charge in [-0.25, -0.2) is 9.38 Å². The minimum atomic E-state index is -0.405. The Labute approximate surface area is 168 Å². The lowest BCUT2D eigenvalue weighted by molar-refractivity contribution is 0.0975. The van der Waals surface area contributed by atoms with Gasteiger partial charge in [-0.2, -0.15) is 0 Å². The van der Waals surface area contributed by atoms with E-state index >= 15 is 0 Å². The molecule has 1 heterocycles. The second-order valence-corrected chi connectivity index (χ2v) is 6.52. The van der Waals surface area contributed by atoms with Crippen molar-refractivity contribution < 1.29 is 23.4 Å². The van der Waals surface area contributed by atoms with Crippen LogP contribution in [0.1, 0.15) is 23.2 Å². The average Bonchev–Trinajstić information content (AvgIpc) is 3.25. The fraction of sp³-hybridized carbons (Fsp3) is 0.333. The van der Waals surface area contributed by atoms with E-state index in [1.165, 1.54) is 26.4 Å². The number of nitrogens with zero attached hydrogens (tertiary/aromatic N) is 1. The van der Waals surface area contributed by atoms with Crippen LogP contribution in [-0.4, -0.2) is 45.3 Å². The molecule has 7 nitrogen and oxygen atoms in total. The number of halogens is 1. The van der Waals surface area contributed by atoms with Crippen LogP contribution in [-0.2, 0) is 4.74 Å². The molecule has 1 amide bonds. The molecule has 0 spiro atoms. The molecule has 0 saturated carbocycles. The van der Waals surface area contributed by atoms with E-state index in [-0.39, 0.29) is 12.1 Å². The molecule has 154 valence electrons. The molecule has 0 radical (unpaired) electrons. The van der Waals surface area contributed by atoms with E-state index in [0.29, 0.717) is 35.9 Å². The summed E-state index contributed by atoms with van der Waals surface area (Å²) < 4.78 is 29.5. The number of aliphatic imine (C=N–C) groups is 1. The van der Waals surface area contributed by atoms with Gasteiger partial charge in [0.2, 0.25) is 5.96 Å². The first-order chi connectivity index (χ1) is 14.1. The standard InChI is InChI=1S/C21H24FN3O4/c1-27-18-9-14(10-19(12-18)28-2)20(26)25-21(23-13-17-7-4-8-29-17)24-16-6-3-5-15(22)11-16/h3,5-6,9-12,17H,4,7-8,13H2,1-2H3,(H2,23,24,25,26)/t17-/m1/s1. The number of carbonyl (C=O) groups excluding carboxylic acids is 1. The summed E-state index contributed by atoms with van der Waals surface area (Å²) in [6.45, 7) is 1.10. The zero-order chi connectivity index (χ0) is 20.6. The molecule has 2 N–H and O–H groups in total. The second-order valence-electron chi connectivity index (χ2n) is 6.52. The number of amides is 1. The van der Waals surface area contributed by atoms with Crippen molar-refractivity contribution in [3.63, 3.8) is 0 Å². The van der Waals surface area contributed by atoms with Crippen LogP contribution in [0.25, 0.3) is 0 Å². The quantitative estimate of drug-likeness (QED) is 0.574. The normalized spacial score (nSPS) is 16.4. The molecule has 2 aromatic rings. The molecule has 3 rings (SSSR count). The van der Waals surface area contributed by atoms with E-state index in [0.717, 1.165) is 12.8 Å². The summed E-state index contributed by atoms with van der Waals surface area (Å²) in [6, 6.07) is 10.8. The minimum Gasteiger partial charge on any atom is -0.497 e. The topological polar surface area (TPSA) is 81.2 Å². The van der Waals surface area contributed by atoms with E-state index in [9.17, 15) is 9.18 Å². The molecule has 0 unspecified atom stereocenters. The first-order valence-electron chi connectivity index (χ1n) is 9.30. The molecule has 1 aliphatic rings. The van der Waals surface area contributed by atoms with Crippen LogP contribution >= 0.6 is 0 Å². The van der Waals surface area contributed by atoms with Gasteiger partial charge in [0.25, 0.3) is 5.91 Å². The van der Waals surface area contributed by atoms with Crippen LogP contribution in [0.2, 0.25) is 0 Å². The summed E-state index contributed by atoms with van der Waals surface area (Å²) in [6.07, 6.45) is 1.91. The molecule has 29 heavy (non-hydrogen) atoms. The van der Waals surface area contributed by atoms with Gasteiger partial charge in [0.1, 0.15) is 17.3 Å². The summed E-state index contributed by atoms with van der Waals surface area (Å²) in [5, 5.41) is 5.70. The zero-order valence-electron chi connectivity index (χ0n) is 16.4. The molecular formula is C21H24FN3O4. The third kappa shape index (κ3) is 5.92. The van der Waals surface area contributed by atoms with Crippen molar-refractivity contribution in [2.45, 2.75) is 18.9 Å². The Morgan fingerprint density at radius 3 is 2.59 bits per heavy atom. The highest BCUT2D eigenvalue weighted by Gasteiger charge is 2.17. The smallest absolute Gasteiger partial charge is 0.258 e. The van der Waals surface area contributed by atoms with Crippen molar-refractivity contribution in [3.05, 3.63) is 53.8 Å². The Morgan fingerprint density at radius 2 is 1.97 bits per heavy atom. The van der Waals surface area contributed by atoms with Crippen molar-refractivity contribution in [2.75, 3.05) is 32.7 Å². The Hall–Kier alpha value is -3.13. The predicted octanol–water partition coefficient (Wildman–Crippen LogP) is 3.22. The molecular weight excluding hydrogens is 377 g/mol. The summed E-state index contributed by atoms with van der Waals surface area (Å²) in [7, 11) is 3.02. The number of nitrogens with one attached hydrogen (secondary N) is 2. The lowest BCUT2D eigenvalue weighted by Gasteiger charge is -2.14. The fourth-order valence-corrected chi connectivity index (χ4v) is 2.91. The Balaban J connectivity index is 1.79. The number of rotatable bonds is 6. The number of hydrogen-bond donors (Lipinski definition) is 2. The van der Waals surface area contributed by atoms with Crippen molar-refractivity contribution in [1.82, 2.24) is 5.32 Å². The highest BCUT2D eigenvalue weighted by atomic mass is 19.1. The largest absolute Gasteiger partial charge is 0.497 e. The Bertz CT molecular complexity index is 860. The number of anilines is 1. The van der Waals surface area contributed by atoms with E-state index < -0.39 is 11.7 Å². The van der Waals surface area contributed by atoms with Gasteiger partial charge >= 0.3 is 0 Å². The number of benzene rings is 2. The third-order valence-corrected chi connectivity index (χ3v) is 4.41. The van der Waals surface area contributed by atoms with Crippen LogP contribution in [0.3, 0.4) is 0 Å². The maximum Gasteiger partial charge on any atom is 0.258 e. The monoisotopic (exact) mass is 401 g/mol. The fourth-order valence-electron chi connectivity index (χ4n) is 2.91. The first-order valence-corrected chi connectivity index (χ1v) is 9.30. The van der Waals surface area contributed by atoms with E-state index in [1.54, 1.807) is 30.3 Å². The molecule has 0 aliphatic carbocycles. The number of carbonyl (C=O) groups is 1. The van der Waals surface area contributed by atoms with E-state index in [2.05, 4.69) is 15.6 Å². The molecule has 1 saturated heterocycles. The van der Waals surface area contributed by atoms with Gasteiger partial charge in [-0.3, -0.25) is 10.1 Å². The van der Waals surface area contributed by atoms with Crippen LogP contribution < -0.4 is 20.1 Å². The highest BCUT2D eigenvalue weighted by Crippen LogP contribution is 2.22. The molecule has 0 bridgehead atoms. The number of guanidine groups is 1. The Kier molecular flexibility index (Phi) is 7.02. The number of methoxy groups -OCH3 is 2. The number of ether oxygens (including phenoxy) is 3. The van der Waals surface area contributed by atoms with Crippen LogP contribution in [0.15, 0.2) is 47.5 Å². The molecule has 1 atom stereocenters. The van der Waals surface area contributed by atoms with Gasteiger partial charge in [0, 0.05) is 23.9 Å². The van der Waals surface area contributed by atoms with Crippen molar-refractivity contribution in [3.8, 4) is 11.5 Å². The highest BCUT2D eigenvalue weighted by molar-refractivity contribution is 6.10. The molecule has 8 heteroatoms. The van der Waals surface area contributed by atoms with Gasteiger partial charge in [0.05, 0.1) is 26.9 Å². The van der Waals surface area contributed by atoms with E-state index in [1.807, 2.05) is 0 Å². The summed E-state index contributed by atoms with van der Waals surface area (Å²) in [5.41, 5.74) is 0.812. The molecule has 1 aliphatic heterocycles. The molecule has 0 aromatic heterocycles. The van der Waals surface area contributed by atoms with Crippen molar-refractivity contribution >= 4 is 17.6 Å². The van der Waals surface area contributed by atoms with Crippen LogP contribution in [0.4, 0.5) is 10.1 Å². The van der Waals surface area contributed by atoms with Gasteiger partial charge in [-0.15, -0.1) is 0 Å².